The summed E-state index contributed by atoms with van der Waals surface area (Å²) in [6.45, 7) is 1.40. The molecule has 2 atom stereocenters. The Morgan fingerprint density at radius 2 is 1.37 bits per heavy atom. The standard InChI is InChI=1S/C18H19F6NO5/c1-9(15(27)29-2)4-13(16(28)30-3)25-14(26)7-10-5-11(17(19,20)21)8-12(6-10)18(22,23)24/h5-6,8-9,13H,4,7H2,1-3H3,(H,25,26)/t9-,13+/m0/s1. The first-order chi connectivity index (χ1) is 13.7. The topological polar surface area (TPSA) is 81.7 Å². The minimum atomic E-state index is -5.06. The number of halogens is 6. The van der Waals surface area contributed by atoms with Gasteiger partial charge in [0.05, 0.1) is 37.7 Å². The molecule has 0 unspecified atom stereocenters. The third-order valence-electron chi connectivity index (χ3n) is 4.03. The van der Waals surface area contributed by atoms with Crippen molar-refractivity contribution >= 4 is 17.8 Å². The molecule has 0 saturated heterocycles. The molecule has 0 bridgehead atoms. The second-order valence-corrected chi connectivity index (χ2v) is 6.39. The average Bonchev–Trinajstić information content (AvgIpc) is 2.64. The zero-order valence-corrected chi connectivity index (χ0v) is 16.1. The van der Waals surface area contributed by atoms with Crippen LogP contribution in [0.5, 0.6) is 0 Å². The number of hydrogen-bond acceptors (Lipinski definition) is 5. The van der Waals surface area contributed by atoms with Crippen molar-refractivity contribution in [3.63, 3.8) is 0 Å². The van der Waals surface area contributed by atoms with E-state index in [0.717, 1.165) is 14.2 Å². The Bertz CT molecular complexity index is 758. The number of esters is 2. The van der Waals surface area contributed by atoms with Crippen LogP contribution in [0.15, 0.2) is 18.2 Å². The highest BCUT2D eigenvalue weighted by Gasteiger charge is 2.37. The molecule has 1 amide bonds. The van der Waals surface area contributed by atoms with Crippen molar-refractivity contribution in [1.82, 2.24) is 5.32 Å². The molecule has 0 radical (unpaired) electrons. The molecule has 6 nitrogen and oxygen atoms in total. The number of rotatable bonds is 7. The lowest BCUT2D eigenvalue weighted by Gasteiger charge is -2.19. The molecule has 1 aromatic carbocycles. The summed E-state index contributed by atoms with van der Waals surface area (Å²) in [5.74, 6) is -3.51. The van der Waals surface area contributed by atoms with Gasteiger partial charge in [-0.05, 0) is 30.2 Å². The molecule has 168 valence electrons. The Morgan fingerprint density at radius 1 is 0.900 bits per heavy atom. The van der Waals surface area contributed by atoms with E-state index < -0.39 is 65.3 Å². The molecule has 0 spiro atoms. The third-order valence-corrected chi connectivity index (χ3v) is 4.03. The summed E-state index contributed by atoms with van der Waals surface area (Å²) < 4.78 is 86.5. The summed E-state index contributed by atoms with van der Waals surface area (Å²) in [7, 11) is 2.11. The fourth-order valence-corrected chi connectivity index (χ4v) is 2.56. The van der Waals surface area contributed by atoms with Gasteiger partial charge in [0.15, 0.2) is 0 Å². The number of alkyl halides is 6. The second kappa shape index (κ2) is 9.81. The first-order valence-electron chi connectivity index (χ1n) is 8.42. The van der Waals surface area contributed by atoms with Crippen molar-refractivity contribution in [3.05, 3.63) is 34.9 Å². The van der Waals surface area contributed by atoms with Gasteiger partial charge in [-0.3, -0.25) is 9.59 Å². The van der Waals surface area contributed by atoms with E-state index in [1.54, 1.807) is 0 Å². The monoisotopic (exact) mass is 443 g/mol. The molecule has 0 aliphatic rings. The van der Waals surface area contributed by atoms with E-state index in [9.17, 15) is 40.7 Å². The predicted octanol–water partition coefficient (Wildman–Crippen LogP) is 3.12. The van der Waals surface area contributed by atoms with Crippen LogP contribution in [0.2, 0.25) is 0 Å². The van der Waals surface area contributed by atoms with Gasteiger partial charge in [-0.15, -0.1) is 0 Å². The quantitative estimate of drug-likeness (QED) is 0.518. The lowest BCUT2D eigenvalue weighted by molar-refractivity contribution is -0.149. The molecular formula is C18H19F6NO5. The number of ether oxygens (including phenoxy) is 2. The van der Waals surface area contributed by atoms with Crippen LogP contribution in [0.25, 0.3) is 0 Å². The number of methoxy groups -OCH3 is 2. The maximum Gasteiger partial charge on any atom is 0.416 e. The molecule has 0 saturated carbocycles. The van der Waals surface area contributed by atoms with Gasteiger partial charge in [0.25, 0.3) is 0 Å². The summed E-state index contributed by atoms with van der Waals surface area (Å²) in [5, 5.41) is 2.16. The molecule has 30 heavy (non-hydrogen) atoms. The van der Waals surface area contributed by atoms with Gasteiger partial charge >= 0.3 is 24.3 Å². The number of carbonyl (C=O) groups excluding carboxylic acids is 3. The SMILES string of the molecule is COC(=O)[C@@H](C)C[C@@H](NC(=O)Cc1cc(C(F)(F)F)cc(C(F)(F)F)c1)C(=O)OC. The molecule has 0 aliphatic carbocycles. The smallest absolute Gasteiger partial charge is 0.416 e. The molecule has 0 aromatic heterocycles. The zero-order chi connectivity index (χ0) is 23.3. The van der Waals surface area contributed by atoms with E-state index in [1.807, 2.05) is 0 Å². The number of amides is 1. The Balaban J connectivity index is 3.08. The summed E-state index contributed by atoms with van der Waals surface area (Å²) >= 11 is 0. The first-order valence-corrected chi connectivity index (χ1v) is 8.42. The lowest BCUT2D eigenvalue weighted by atomic mass is 10.00. The molecule has 0 fully saturated rings. The maximum absolute atomic E-state index is 12.9. The molecular weight excluding hydrogens is 424 g/mol. The number of carbonyl (C=O) groups is 3. The highest BCUT2D eigenvalue weighted by atomic mass is 19.4. The van der Waals surface area contributed by atoms with Crippen LogP contribution in [0.4, 0.5) is 26.3 Å². The summed E-state index contributed by atoms with van der Waals surface area (Å²) in [5.41, 5.74) is -3.69. The highest BCUT2D eigenvalue weighted by Crippen LogP contribution is 2.36. The van der Waals surface area contributed by atoms with Crippen molar-refractivity contribution in [2.24, 2.45) is 5.92 Å². The highest BCUT2D eigenvalue weighted by molar-refractivity contribution is 5.86. The number of nitrogens with one attached hydrogen (secondary N) is 1. The van der Waals surface area contributed by atoms with E-state index in [0.29, 0.717) is 12.1 Å². The van der Waals surface area contributed by atoms with Gasteiger partial charge in [-0.25, -0.2) is 4.79 Å². The van der Waals surface area contributed by atoms with Gasteiger partial charge in [-0.2, -0.15) is 26.3 Å². The largest absolute Gasteiger partial charge is 0.469 e. The molecule has 1 aromatic rings. The van der Waals surface area contributed by atoms with Gasteiger partial charge in [0.2, 0.25) is 5.91 Å². The van der Waals surface area contributed by atoms with Gasteiger partial charge < -0.3 is 14.8 Å². The average molecular weight is 443 g/mol. The van der Waals surface area contributed by atoms with E-state index in [1.165, 1.54) is 6.92 Å². The van der Waals surface area contributed by atoms with Crippen LogP contribution in [0, 0.1) is 5.92 Å². The Kier molecular flexibility index (Phi) is 8.25. The summed E-state index contributed by atoms with van der Waals surface area (Å²) in [4.78, 5) is 35.5. The van der Waals surface area contributed by atoms with Crippen molar-refractivity contribution in [2.75, 3.05) is 14.2 Å². The summed E-state index contributed by atoms with van der Waals surface area (Å²) in [6.07, 6.45) is -11.2. The van der Waals surface area contributed by atoms with Crippen LogP contribution in [-0.4, -0.2) is 38.1 Å². The van der Waals surface area contributed by atoms with E-state index >= 15 is 0 Å². The van der Waals surface area contributed by atoms with Crippen LogP contribution < -0.4 is 5.32 Å². The molecule has 1 N–H and O–H groups in total. The minimum absolute atomic E-state index is 0.0588. The Labute approximate surface area is 167 Å². The molecule has 0 heterocycles. The summed E-state index contributed by atoms with van der Waals surface area (Å²) in [6, 6.07) is -0.584. The van der Waals surface area contributed by atoms with Crippen molar-refractivity contribution in [2.45, 2.75) is 38.2 Å². The third kappa shape index (κ3) is 7.23. The zero-order valence-electron chi connectivity index (χ0n) is 16.1. The van der Waals surface area contributed by atoms with Crippen LogP contribution in [-0.2, 0) is 42.6 Å². The van der Waals surface area contributed by atoms with Crippen molar-refractivity contribution < 1.29 is 50.2 Å². The van der Waals surface area contributed by atoms with Gasteiger partial charge in [0.1, 0.15) is 6.04 Å². The van der Waals surface area contributed by atoms with Gasteiger partial charge in [0, 0.05) is 0 Å². The van der Waals surface area contributed by atoms with Crippen LogP contribution >= 0.6 is 0 Å². The molecule has 0 aliphatic heterocycles. The van der Waals surface area contributed by atoms with E-state index in [-0.39, 0.29) is 12.5 Å². The second-order valence-electron chi connectivity index (χ2n) is 6.39. The number of benzene rings is 1. The lowest BCUT2D eigenvalue weighted by Crippen LogP contribution is -2.44. The maximum atomic E-state index is 12.9. The normalized spacial score (nSPS) is 13.9. The Morgan fingerprint density at radius 3 is 1.77 bits per heavy atom. The van der Waals surface area contributed by atoms with E-state index in [2.05, 4.69) is 14.8 Å². The van der Waals surface area contributed by atoms with Crippen molar-refractivity contribution in [3.8, 4) is 0 Å². The fourth-order valence-electron chi connectivity index (χ4n) is 2.56. The van der Waals surface area contributed by atoms with E-state index in [4.69, 9.17) is 0 Å². The number of hydrogen-bond donors (Lipinski definition) is 1. The van der Waals surface area contributed by atoms with Crippen molar-refractivity contribution in [1.29, 1.82) is 0 Å². The Hall–Kier alpha value is -2.79. The minimum Gasteiger partial charge on any atom is -0.469 e. The predicted molar refractivity (Wildman–Crippen MR) is 89.9 cm³/mol. The molecule has 1 rings (SSSR count). The first kappa shape index (κ1) is 25.2. The molecule has 12 heteroatoms. The van der Waals surface area contributed by atoms with Gasteiger partial charge in [-0.1, -0.05) is 6.92 Å². The van der Waals surface area contributed by atoms with Crippen LogP contribution in [0.3, 0.4) is 0 Å². The van der Waals surface area contributed by atoms with Crippen LogP contribution in [0.1, 0.15) is 30.0 Å². The fraction of sp³-hybridized carbons (Fsp3) is 0.500.